The van der Waals surface area contributed by atoms with E-state index >= 15 is 0 Å². The minimum atomic E-state index is 0.340. The first-order valence-corrected chi connectivity index (χ1v) is 10.7. The smallest absolute Gasteiger partial charge is 0.0635 e. The molecule has 4 saturated heterocycles. The zero-order valence-electron chi connectivity index (χ0n) is 16.4. The number of likely N-dealkylation sites (tertiary alicyclic amines) is 1. The molecule has 1 aromatic rings. The normalized spacial score (nSPS) is 30.1. The summed E-state index contributed by atoms with van der Waals surface area (Å²) in [5.41, 5.74) is 1.77. The molecule has 1 atom stereocenters. The summed E-state index contributed by atoms with van der Waals surface area (Å²) < 4.78 is 11.4. The predicted molar refractivity (Wildman–Crippen MR) is 106 cm³/mol. The van der Waals surface area contributed by atoms with Gasteiger partial charge in [0.25, 0.3) is 0 Å². The lowest BCUT2D eigenvalue weighted by Gasteiger charge is -2.64. The van der Waals surface area contributed by atoms with Crippen LogP contribution in [0.2, 0.25) is 0 Å². The van der Waals surface area contributed by atoms with E-state index in [2.05, 4.69) is 45.0 Å². The Labute approximate surface area is 163 Å². The maximum absolute atomic E-state index is 5.85. The van der Waals surface area contributed by atoms with Gasteiger partial charge in [-0.25, -0.2) is 0 Å². The minimum absolute atomic E-state index is 0.340. The highest BCUT2D eigenvalue weighted by Gasteiger charge is 2.54. The van der Waals surface area contributed by atoms with Crippen molar-refractivity contribution < 1.29 is 9.47 Å². The van der Waals surface area contributed by atoms with Crippen molar-refractivity contribution in [2.45, 2.75) is 31.0 Å². The van der Waals surface area contributed by atoms with Crippen LogP contribution in [0.5, 0.6) is 0 Å². The van der Waals surface area contributed by atoms with Crippen LogP contribution in [0, 0.1) is 5.92 Å². The first kappa shape index (κ1) is 18.1. The molecule has 27 heavy (non-hydrogen) atoms. The van der Waals surface area contributed by atoms with Crippen LogP contribution >= 0.6 is 0 Å². The largest absolute Gasteiger partial charge is 0.381 e. The van der Waals surface area contributed by atoms with Crippen molar-refractivity contribution in [2.75, 3.05) is 65.7 Å². The van der Waals surface area contributed by atoms with Gasteiger partial charge in [-0.3, -0.25) is 14.7 Å². The number of ether oxygens (including phenoxy) is 2. The molecule has 0 N–H and O–H groups in total. The van der Waals surface area contributed by atoms with E-state index < -0.39 is 0 Å². The molecular weight excluding hydrogens is 338 g/mol. The molecule has 0 saturated carbocycles. The molecule has 0 bridgehead atoms. The Morgan fingerprint density at radius 1 is 0.926 bits per heavy atom. The van der Waals surface area contributed by atoms with Crippen LogP contribution in [0.25, 0.3) is 0 Å². The number of benzene rings is 1. The molecule has 1 aromatic carbocycles. The highest BCUT2D eigenvalue weighted by molar-refractivity contribution is 5.17. The lowest BCUT2D eigenvalue weighted by atomic mass is 9.81. The van der Waals surface area contributed by atoms with Crippen LogP contribution < -0.4 is 0 Å². The molecule has 4 aliphatic heterocycles. The van der Waals surface area contributed by atoms with E-state index in [1.165, 1.54) is 44.6 Å². The molecule has 4 heterocycles. The summed E-state index contributed by atoms with van der Waals surface area (Å²) in [5.74, 6) is 0.834. The topological polar surface area (TPSA) is 28.2 Å². The molecule has 148 valence electrons. The average molecular weight is 372 g/mol. The molecular formula is C22H33N3O2. The summed E-state index contributed by atoms with van der Waals surface area (Å²) >= 11 is 0. The fourth-order valence-electron chi connectivity index (χ4n) is 5.75. The van der Waals surface area contributed by atoms with Gasteiger partial charge in [0, 0.05) is 65.1 Å². The fourth-order valence-corrected chi connectivity index (χ4v) is 5.75. The van der Waals surface area contributed by atoms with Crippen molar-refractivity contribution >= 4 is 0 Å². The van der Waals surface area contributed by atoms with E-state index in [9.17, 15) is 0 Å². The van der Waals surface area contributed by atoms with Crippen molar-refractivity contribution in [3.8, 4) is 0 Å². The van der Waals surface area contributed by atoms with E-state index in [4.69, 9.17) is 9.47 Å². The molecule has 0 aromatic heterocycles. The van der Waals surface area contributed by atoms with Crippen LogP contribution in [0.1, 0.15) is 18.4 Å². The van der Waals surface area contributed by atoms with Crippen molar-refractivity contribution in [3.05, 3.63) is 35.9 Å². The SMILES string of the molecule is c1ccc(CN2CC3COCCN3C3(C2)CN(CC2CCOCC2)C3)cc1. The number of rotatable bonds is 4. The summed E-state index contributed by atoms with van der Waals surface area (Å²) in [6.07, 6.45) is 2.48. The molecule has 5 nitrogen and oxygen atoms in total. The molecule has 5 rings (SSSR count). The summed E-state index contributed by atoms with van der Waals surface area (Å²) in [5, 5.41) is 0. The summed E-state index contributed by atoms with van der Waals surface area (Å²) in [4.78, 5) is 8.18. The third kappa shape index (κ3) is 3.81. The molecule has 0 amide bonds. The van der Waals surface area contributed by atoms with Gasteiger partial charge in [-0.15, -0.1) is 0 Å². The first-order chi connectivity index (χ1) is 13.3. The molecule has 5 heteroatoms. The standard InChI is InChI=1S/C22H33N3O2/c1-2-4-19(5-3-1)12-23-14-21-15-27-11-8-25(21)22(16-23)17-24(18-22)13-20-6-9-26-10-7-20/h1-5,20-21H,6-18H2. The number of nitrogens with zero attached hydrogens (tertiary/aromatic N) is 3. The fraction of sp³-hybridized carbons (Fsp3) is 0.727. The highest BCUT2D eigenvalue weighted by Crippen LogP contribution is 2.37. The number of morpholine rings is 1. The Hall–Kier alpha value is -0.980. The molecule has 4 fully saturated rings. The minimum Gasteiger partial charge on any atom is -0.381 e. The van der Waals surface area contributed by atoms with Crippen LogP contribution in [-0.2, 0) is 16.0 Å². The monoisotopic (exact) mass is 371 g/mol. The number of hydrogen-bond acceptors (Lipinski definition) is 5. The quantitative estimate of drug-likeness (QED) is 0.803. The Balaban J connectivity index is 1.25. The Bertz CT molecular complexity index is 613. The average Bonchev–Trinajstić information content (AvgIpc) is 2.68. The van der Waals surface area contributed by atoms with Crippen LogP contribution in [0.3, 0.4) is 0 Å². The molecule has 0 radical (unpaired) electrons. The van der Waals surface area contributed by atoms with E-state index in [0.717, 1.165) is 52.0 Å². The second kappa shape index (κ2) is 7.80. The van der Waals surface area contributed by atoms with Crippen molar-refractivity contribution in [2.24, 2.45) is 5.92 Å². The van der Waals surface area contributed by atoms with Gasteiger partial charge in [0.05, 0.1) is 18.8 Å². The molecule has 0 aliphatic carbocycles. The highest BCUT2D eigenvalue weighted by atomic mass is 16.5. The van der Waals surface area contributed by atoms with Gasteiger partial charge < -0.3 is 9.47 Å². The summed E-state index contributed by atoms with van der Waals surface area (Å²) in [6.45, 7) is 11.9. The lowest BCUT2D eigenvalue weighted by molar-refractivity contribution is -0.169. The number of hydrogen-bond donors (Lipinski definition) is 0. The predicted octanol–water partition coefficient (Wildman–Crippen LogP) is 1.68. The zero-order chi connectivity index (χ0) is 18.1. The van der Waals surface area contributed by atoms with Crippen LogP contribution in [0.15, 0.2) is 30.3 Å². The summed E-state index contributed by atoms with van der Waals surface area (Å²) in [6, 6.07) is 11.5. The van der Waals surface area contributed by atoms with E-state index in [-0.39, 0.29) is 0 Å². The maximum atomic E-state index is 5.85. The Kier molecular flexibility index (Phi) is 5.22. The van der Waals surface area contributed by atoms with E-state index in [0.29, 0.717) is 11.6 Å². The van der Waals surface area contributed by atoms with Gasteiger partial charge in [0.2, 0.25) is 0 Å². The van der Waals surface area contributed by atoms with Crippen LogP contribution in [0.4, 0.5) is 0 Å². The third-order valence-electron chi connectivity index (χ3n) is 6.97. The Morgan fingerprint density at radius 2 is 1.70 bits per heavy atom. The Morgan fingerprint density at radius 3 is 2.52 bits per heavy atom. The van der Waals surface area contributed by atoms with Gasteiger partial charge in [-0.1, -0.05) is 30.3 Å². The van der Waals surface area contributed by atoms with Crippen molar-refractivity contribution in [1.82, 2.24) is 14.7 Å². The van der Waals surface area contributed by atoms with E-state index in [1.807, 2.05) is 0 Å². The molecule has 1 unspecified atom stereocenters. The lowest BCUT2D eigenvalue weighted by Crippen LogP contribution is -2.80. The first-order valence-electron chi connectivity index (χ1n) is 10.7. The van der Waals surface area contributed by atoms with Crippen molar-refractivity contribution in [1.29, 1.82) is 0 Å². The van der Waals surface area contributed by atoms with Gasteiger partial charge in [0.1, 0.15) is 0 Å². The number of fused-ring (bicyclic) bond motifs is 2. The van der Waals surface area contributed by atoms with Crippen LogP contribution in [-0.4, -0.2) is 92.0 Å². The van der Waals surface area contributed by atoms with Gasteiger partial charge >= 0.3 is 0 Å². The third-order valence-corrected chi connectivity index (χ3v) is 6.97. The second-order valence-corrected chi connectivity index (χ2v) is 9.03. The zero-order valence-corrected chi connectivity index (χ0v) is 16.4. The maximum Gasteiger partial charge on any atom is 0.0635 e. The van der Waals surface area contributed by atoms with E-state index in [1.54, 1.807) is 0 Å². The van der Waals surface area contributed by atoms with Gasteiger partial charge in [-0.05, 0) is 24.3 Å². The van der Waals surface area contributed by atoms with Gasteiger partial charge in [0.15, 0.2) is 0 Å². The second-order valence-electron chi connectivity index (χ2n) is 9.03. The van der Waals surface area contributed by atoms with Crippen molar-refractivity contribution in [3.63, 3.8) is 0 Å². The number of piperazine rings is 1. The van der Waals surface area contributed by atoms with Gasteiger partial charge in [-0.2, -0.15) is 0 Å². The molecule has 4 aliphatic rings. The summed E-state index contributed by atoms with van der Waals surface area (Å²) in [7, 11) is 0. The molecule has 1 spiro atoms.